The fraction of sp³-hybridized carbons (Fsp3) is 0.500. The molecule has 1 nitrogen and oxygen atoms in total. The molecule has 0 rings (SSSR count). The molecule has 0 aromatic heterocycles. The highest BCUT2D eigenvalue weighted by molar-refractivity contribution is 6.29. The monoisotopic (exact) mass is 106 g/mol. The molecule has 0 saturated carbocycles. The van der Waals surface area contributed by atoms with Gasteiger partial charge >= 0.3 is 0 Å². The summed E-state index contributed by atoms with van der Waals surface area (Å²) >= 11 is 5.26. The Morgan fingerprint density at radius 3 is 2.50 bits per heavy atom. The number of rotatable bonds is 2. The van der Waals surface area contributed by atoms with Gasteiger partial charge in [-0.25, -0.2) is 0 Å². The quantitative estimate of drug-likeness (QED) is 0.517. The summed E-state index contributed by atoms with van der Waals surface area (Å²) in [6.07, 6.45) is 0. The largest absolute Gasteiger partial charge is 0.379 e. The van der Waals surface area contributed by atoms with E-state index in [0.717, 1.165) is 0 Å². The molecule has 0 N–H and O–H groups in total. The minimum absolute atomic E-state index is 0.446. The lowest BCUT2D eigenvalue weighted by Crippen LogP contribution is -1.83. The minimum Gasteiger partial charge on any atom is -0.379 e. The summed E-state index contributed by atoms with van der Waals surface area (Å²) in [6, 6.07) is 0. The Kier molecular flexibility index (Phi) is 3.19. The van der Waals surface area contributed by atoms with E-state index >= 15 is 0 Å². The van der Waals surface area contributed by atoms with Crippen molar-refractivity contribution >= 4 is 11.6 Å². The molecule has 0 spiro atoms. The summed E-state index contributed by atoms with van der Waals surface area (Å²) in [7, 11) is 1.58. The van der Waals surface area contributed by atoms with Crippen LogP contribution in [0.2, 0.25) is 0 Å². The van der Waals surface area contributed by atoms with Crippen molar-refractivity contribution in [1.82, 2.24) is 0 Å². The van der Waals surface area contributed by atoms with Crippen LogP contribution in [-0.4, -0.2) is 13.7 Å². The first-order valence-corrected chi connectivity index (χ1v) is 1.97. The molecule has 0 aliphatic rings. The van der Waals surface area contributed by atoms with E-state index in [2.05, 4.69) is 11.3 Å². The van der Waals surface area contributed by atoms with Crippen molar-refractivity contribution in [3.8, 4) is 0 Å². The second kappa shape index (κ2) is 3.19. The maximum Gasteiger partial charge on any atom is 0.0813 e. The Morgan fingerprint density at radius 1 is 2.00 bits per heavy atom. The van der Waals surface area contributed by atoms with E-state index in [1.54, 1.807) is 7.11 Å². The van der Waals surface area contributed by atoms with Crippen molar-refractivity contribution in [3.63, 3.8) is 0 Å². The molecule has 0 aliphatic heterocycles. The second-order valence-corrected chi connectivity index (χ2v) is 1.48. The predicted octanol–water partition coefficient (Wildman–Crippen LogP) is 1.39. The molecule has 0 aromatic rings. The van der Waals surface area contributed by atoms with Crippen LogP contribution in [0.15, 0.2) is 11.6 Å². The zero-order chi connectivity index (χ0) is 4.99. The van der Waals surface area contributed by atoms with Crippen LogP contribution < -0.4 is 0 Å². The maximum absolute atomic E-state index is 5.26. The van der Waals surface area contributed by atoms with Gasteiger partial charge in [0.25, 0.3) is 0 Å². The predicted molar refractivity (Wildman–Crippen MR) is 26.9 cm³/mol. The van der Waals surface area contributed by atoms with E-state index in [9.17, 15) is 0 Å². The molecule has 6 heavy (non-hydrogen) atoms. The number of hydrogen-bond donors (Lipinski definition) is 0. The lowest BCUT2D eigenvalue weighted by molar-refractivity contribution is 0.231. The Morgan fingerprint density at radius 2 is 2.50 bits per heavy atom. The van der Waals surface area contributed by atoms with Crippen molar-refractivity contribution in [2.75, 3.05) is 13.7 Å². The molecular weight excluding hydrogens is 99.5 g/mol. The van der Waals surface area contributed by atoms with Crippen LogP contribution in [0.25, 0.3) is 0 Å². The van der Waals surface area contributed by atoms with Crippen LogP contribution in [0.1, 0.15) is 0 Å². The summed E-state index contributed by atoms with van der Waals surface area (Å²) in [5.74, 6) is 0. The molecule has 2 heteroatoms. The van der Waals surface area contributed by atoms with Crippen molar-refractivity contribution in [2.45, 2.75) is 0 Å². The molecule has 0 fully saturated rings. The number of methoxy groups -OCH3 is 1. The zero-order valence-corrected chi connectivity index (χ0v) is 4.46. The second-order valence-electron chi connectivity index (χ2n) is 0.950. The molecular formula is C4H7ClO. The minimum atomic E-state index is 0.446. The van der Waals surface area contributed by atoms with E-state index in [-0.39, 0.29) is 0 Å². The zero-order valence-electron chi connectivity index (χ0n) is 3.70. The molecule has 36 valence electrons. The smallest absolute Gasteiger partial charge is 0.0813 e. The SMILES string of the molecule is C=C(Cl)COC. The summed E-state index contributed by atoms with van der Waals surface area (Å²) in [6.45, 7) is 3.83. The van der Waals surface area contributed by atoms with Gasteiger partial charge in [-0.2, -0.15) is 0 Å². The fourth-order valence-electron chi connectivity index (χ4n) is 0.157. The molecule has 0 saturated heterocycles. The highest BCUT2D eigenvalue weighted by Crippen LogP contribution is 1.93. The highest BCUT2D eigenvalue weighted by Gasteiger charge is 1.78. The van der Waals surface area contributed by atoms with Gasteiger partial charge in [-0.3, -0.25) is 0 Å². The van der Waals surface area contributed by atoms with Gasteiger partial charge in [0.05, 0.1) is 6.61 Å². The van der Waals surface area contributed by atoms with Gasteiger partial charge in [-0.05, 0) is 0 Å². The molecule has 0 radical (unpaired) electrons. The summed E-state index contributed by atoms with van der Waals surface area (Å²) in [4.78, 5) is 0. The van der Waals surface area contributed by atoms with E-state index in [1.807, 2.05) is 0 Å². The Balaban J connectivity index is 2.83. The van der Waals surface area contributed by atoms with Crippen LogP contribution in [0.3, 0.4) is 0 Å². The van der Waals surface area contributed by atoms with E-state index in [4.69, 9.17) is 11.6 Å². The summed E-state index contributed by atoms with van der Waals surface area (Å²) in [5, 5.41) is 0.539. The first-order chi connectivity index (χ1) is 2.77. The van der Waals surface area contributed by atoms with E-state index in [0.29, 0.717) is 11.6 Å². The van der Waals surface area contributed by atoms with Crippen molar-refractivity contribution in [1.29, 1.82) is 0 Å². The van der Waals surface area contributed by atoms with Crippen molar-refractivity contribution < 1.29 is 4.74 Å². The van der Waals surface area contributed by atoms with Crippen LogP contribution in [0.5, 0.6) is 0 Å². The van der Waals surface area contributed by atoms with Crippen LogP contribution >= 0.6 is 11.6 Å². The van der Waals surface area contributed by atoms with Gasteiger partial charge in [0.15, 0.2) is 0 Å². The molecule has 0 heterocycles. The Hall–Kier alpha value is -0.0100. The molecule has 0 aliphatic carbocycles. The number of halogens is 1. The van der Waals surface area contributed by atoms with Gasteiger partial charge in [0, 0.05) is 12.1 Å². The first-order valence-electron chi connectivity index (χ1n) is 1.59. The molecule has 0 unspecified atom stereocenters. The number of hydrogen-bond acceptors (Lipinski definition) is 1. The average Bonchev–Trinajstić information content (AvgIpc) is 1.35. The molecule has 0 bridgehead atoms. The normalized spacial score (nSPS) is 8.33. The van der Waals surface area contributed by atoms with Gasteiger partial charge in [0.2, 0.25) is 0 Å². The molecule has 0 aromatic carbocycles. The van der Waals surface area contributed by atoms with E-state index < -0.39 is 0 Å². The highest BCUT2D eigenvalue weighted by atomic mass is 35.5. The van der Waals surface area contributed by atoms with E-state index in [1.165, 1.54) is 0 Å². The first kappa shape index (κ1) is 5.99. The van der Waals surface area contributed by atoms with Crippen molar-refractivity contribution in [2.24, 2.45) is 0 Å². The standard InChI is InChI=1S/C4H7ClO/c1-4(5)3-6-2/h1,3H2,2H3. The van der Waals surface area contributed by atoms with Gasteiger partial charge < -0.3 is 4.74 Å². The van der Waals surface area contributed by atoms with Crippen LogP contribution in [0, 0.1) is 0 Å². The van der Waals surface area contributed by atoms with Gasteiger partial charge in [-0.1, -0.05) is 18.2 Å². The topological polar surface area (TPSA) is 9.23 Å². The van der Waals surface area contributed by atoms with Crippen LogP contribution in [0.4, 0.5) is 0 Å². The van der Waals surface area contributed by atoms with Gasteiger partial charge in [0.1, 0.15) is 0 Å². The fourth-order valence-corrected chi connectivity index (χ4v) is 0.266. The summed E-state index contributed by atoms with van der Waals surface area (Å²) in [5.41, 5.74) is 0. The van der Waals surface area contributed by atoms with Crippen LogP contribution in [-0.2, 0) is 4.74 Å². The third kappa shape index (κ3) is 3.99. The third-order valence-electron chi connectivity index (χ3n) is 0.301. The lowest BCUT2D eigenvalue weighted by atomic mass is 10.7. The van der Waals surface area contributed by atoms with Gasteiger partial charge in [-0.15, -0.1) is 0 Å². The summed E-state index contributed by atoms with van der Waals surface area (Å²) < 4.78 is 4.57. The third-order valence-corrected chi connectivity index (χ3v) is 0.410. The maximum atomic E-state index is 5.26. The van der Waals surface area contributed by atoms with Crippen molar-refractivity contribution in [3.05, 3.63) is 11.6 Å². The molecule has 0 atom stereocenters. The Bertz CT molecular complexity index is 51.5. The molecule has 0 amide bonds. The number of ether oxygens (including phenoxy) is 1. The average molecular weight is 107 g/mol. The Labute approximate surface area is 42.6 Å². The lowest BCUT2D eigenvalue weighted by Gasteiger charge is -1.88.